The second-order valence-electron chi connectivity index (χ2n) is 6.62. The first-order valence-electron chi connectivity index (χ1n) is 9.22. The number of carbonyl (C=O) groups excluding carboxylic acids is 1. The summed E-state index contributed by atoms with van der Waals surface area (Å²) in [5.41, 5.74) is 6.07. The van der Waals surface area contributed by atoms with Gasteiger partial charge in [-0.15, -0.1) is 0 Å². The first-order valence-corrected chi connectivity index (χ1v) is 9.22. The van der Waals surface area contributed by atoms with E-state index < -0.39 is 18.8 Å². The number of ether oxygens (including phenoxy) is 1. The Labute approximate surface area is 172 Å². The Hall–Kier alpha value is -3.47. The molecule has 1 atom stereocenters. The summed E-state index contributed by atoms with van der Waals surface area (Å²) in [4.78, 5) is 18.9. The lowest BCUT2D eigenvalue weighted by molar-refractivity contribution is -0.129. The first-order chi connectivity index (χ1) is 14.4. The van der Waals surface area contributed by atoms with E-state index in [1.54, 1.807) is 24.3 Å². The molecule has 1 aliphatic rings. The average Bonchev–Trinajstić information content (AvgIpc) is 2.96. The summed E-state index contributed by atoms with van der Waals surface area (Å²) in [5, 5.41) is 0. The van der Waals surface area contributed by atoms with Crippen LogP contribution in [0, 0.1) is 11.8 Å². The van der Waals surface area contributed by atoms with Gasteiger partial charge in [0, 0.05) is 19.0 Å². The molecule has 2 aromatic rings. The lowest BCUT2D eigenvalue weighted by Crippen LogP contribution is -2.41. The highest BCUT2D eigenvalue weighted by atomic mass is 19.3. The number of alkyl halides is 3. The lowest BCUT2D eigenvalue weighted by Gasteiger charge is -2.26. The fourth-order valence-electron chi connectivity index (χ4n) is 3.20. The van der Waals surface area contributed by atoms with Crippen LogP contribution in [0.2, 0.25) is 0 Å². The van der Waals surface area contributed by atoms with E-state index in [0.717, 1.165) is 0 Å². The molecule has 5 nitrogen and oxygen atoms in total. The molecule has 0 aromatic heterocycles. The minimum Gasteiger partial charge on any atom is -0.435 e. The molecule has 1 aliphatic heterocycles. The number of halogens is 3. The number of rotatable bonds is 6. The van der Waals surface area contributed by atoms with E-state index >= 15 is 0 Å². The minimum atomic E-state index is -2.95. The van der Waals surface area contributed by atoms with Crippen LogP contribution < -0.4 is 10.5 Å². The van der Waals surface area contributed by atoms with Gasteiger partial charge in [-0.3, -0.25) is 14.1 Å². The molecule has 0 spiro atoms. The Kier molecular flexibility index (Phi) is 6.31. The molecule has 8 heteroatoms. The molecule has 0 saturated carbocycles. The molecular formula is C22H20F3N3O2. The highest BCUT2D eigenvalue weighted by molar-refractivity contribution is 6.08. The number of unbranched alkanes of at least 4 members (excludes halogenated alkanes) is 1. The molecular weight excluding hydrogens is 395 g/mol. The van der Waals surface area contributed by atoms with Crippen molar-refractivity contribution >= 4 is 11.9 Å². The SMILES string of the molecule is CN1C(=O)[C@](c2ccc(OC(F)F)cc2)(c2cccc(C#CCCCF)c2)N=C1N. The van der Waals surface area contributed by atoms with Gasteiger partial charge in [0.15, 0.2) is 11.5 Å². The standard InChI is InChI=1S/C22H20F3N3O2/c1-28-19(29)22(27-21(28)26,16-9-11-18(12-10-16)30-20(24)25)17-8-5-7-15(14-17)6-3-2-4-13-23/h5,7-12,14,20H,2,4,13H2,1H3,(H2,26,27)/t22-/m0/s1. The first kappa shape index (κ1) is 21.2. The number of hydrogen-bond donors (Lipinski definition) is 1. The van der Waals surface area contributed by atoms with Gasteiger partial charge in [0.05, 0.1) is 6.67 Å². The molecule has 2 aromatic carbocycles. The molecule has 0 fully saturated rings. The zero-order valence-corrected chi connectivity index (χ0v) is 16.2. The van der Waals surface area contributed by atoms with Gasteiger partial charge < -0.3 is 10.5 Å². The number of carbonyl (C=O) groups is 1. The number of amides is 1. The Morgan fingerprint density at radius 2 is 1.93 bits per heavy atom. The summed E-state index contributed by atoms with van der Waals surface area (Å²) in [6.07, 6.45) is 0.776. The van der Waals surface area contributed by atoms with Gasteiger partial charge in [-0.05, 0) is 41.8 Å². The molecule has 0 saturated heterocycles. The highest BCUT2D eigenvalue weighted by Crippen LogP contribution is 2.40. The number of guanidine groups is 1. The smallest absolute Gasteiger partial charge is 0.387 e. The molecule has 0 bridgehead atoms. The van der Waals surface area contributed by atoms with Crippen LogP contribution in [0.1, 0.15) is 29.5 Å². The van der Waals surface area contributed by atoms with Crippen molar-refractivity contribution < 1.29 is 22.7 Å². The largest absolute Gasteiger partial charge is 0.435 e. The van der Waals surface area contributed by atoms with Crippen molar-refractivity contribution in [2.45, 2.75) is 25.0 Å². The van der Waals surface area contributed by atoms with Crippen molar-refractivity contribution in [3.63, 3.8) is 0 Å². The van der Waals surface area contributed by atoms with Gasteiger partial charge in [0.1, 0.15) is 5.75 Å². The van der Waals surface area contributed by atoms with Crippen molar-refractivity contribution in [2.24, 2.45) is 10.7 Å². The van der Waals surface area contributed by atoms with E-state index in [0.29, 0.717) is 29.5 Å². The number of likely N-dealkylation sites (N-methyl/N-ethyl adjacent to an activating group) is 1. The average molecular weight is 415 g/mol. The number of hydrogen-bond acceptors (Lipinski definition) is 4. The lowest BCUT2D eigenvalue weighted by atomic mass is 9.82. The van der Waals surface area contributed by atoms with Crippen LogP contribution in [0.25, 0.3) is 0 Å². The predicted octanol–water partition coefficient (Wildman–Crippen LogP) is 3.42. The number of benzene rings is 2. The van der Waals surface area contributed by atoms with Gasteiger partial charge in [-0.25, -0.2) is 4.99 Å². The number of nitrogens with zero attached hydrogens (tertiary/aromatic N) is 2. The van der Waals surface area contributed by atoms with Crippen LogP contribution in [0.5, 0.6) is 5.75 Å². The summed E-state index contributed by atoms with van der Waals surface area (Å²) in [5.74, 6) is 5.46. The third kappa shape index (κ3) is 4.10. The Morgan fingerprint density at radius 3 is 2.53 bits per heavy atom. The summed E-state index contributed by atoms with van der Waals surface area (Å²) in [6.45, 7) is -3.39. The summed E-state index contributed by atoms with van der Waals surface area (Å²) < 4.78 is 41.6. The minimum absolute atomic E-state index is 0.0346. The third-order valence-corrected chi connectivity index (χ3v) is 4.69. The van der Waals surface area contributed by atoms with E-state index in [1.807, 2.05) is 0 Å². The Morgan fingerprint density at radius 1 is 1.20 bits per heavy atom. The zero-order chi connectivity index (χ0) is 21.7. The zero-order valence-electron chi connectivity index (χ0n) is 16.2. The van der Waals surface area contributed by atoms with Crippen molar-refractivity contribution in [3.8, 4) is 17.6 Å². The van der Waals surface area contributed by atoms with Crippen LogP contribution in [0.3, 0.4) is 0 Å². The second kappa shape index (κ2) is 8.91. The Bertz CT molecular complexity index is 1010. The van der Waals surface area contributed by atoms with Crippen LogP contribution in [-0.4, -0.2) is 37.1 Å². The van der Waals surface area contributed by atoms with Gasteiger partial charge in [-0.2, -0.15) is 8.78 Å². The summed E-state index contributed by atoms with van der Waals surface area (Å²) in [7, 11) is 1.51. The van der Waals surface area contributed by atoms with Crippen LogP contribution in [0.4, 0.5) is 13.2 Å². The fourth-order valence-corrected chi connectivity index (χ4v) is 3.20. The summed E-state index contributed by atoms with van der Waals surface area (Å²) in [6, 6.07) is 12.7. The van der Waals surface area contributed by atoms with Crippen LogP contribution >= 0.6 is 0 Å². The van der Waals surface area contributed by atoms with Crippen LogP contribution in [0.15, 0.2) is 53.5 Å². The van der Waals surface area contributed by atoms with E-state index in [9.17, 15) is 18.0 Å². The molecule has 0 radical (unpaired) electrons. The maximum atomic E-state index is 13.2. The molecule has 30 heavy (non-hydrogen) atoms. The van der Waals surface area contributed by atoms with Crippen molar-refractivity contribution in [3.05, 3.63) is 65.2 Å². The highest BCUT2D eigenvalue weighted by Gasteiger charge is 2.49. The van der Waals surface area contributed by atoms with E-state index in [1.165, 1.54) is 36.2 Å². The van der Waals surface area contributed by atoms with Gasteiger partial charge in [0.25, 0.3) is 5.91 Å². The molecule has 1 heterocycles. The van der Waals surface area contributed by atoms with E-state index in [-0.39, 0.29) is 17.6 Å². The van der Waals surface area contributed by atoms with E-state index in [2.05, 4.69) is 21.6 Å². The van der Waals surface area contributed by atoms with Gasteiger partial charge in [0.2, 0.25) is 0 Å². The predicted molar refractivity (Wildman–Crippen MR) is 107 cm³/mol. The second-order valence-corrected chi connectivity index (χ2v) is 6.62. The normalized spacial score (nSPS) is 18.2. The maximum Gasteiger partial charge on any atom is 0.387 e. The van der Waals surface area contributed by atoms with E-state index in [4.69, 9.17) is 5.73 Å². The van der Waals surface area contributed by atoms with Gasteiger partial charge >= 0.3 is 6.61 Å². The number of nitrogens with two attached hydrogens (primary N) is 1. The molecule has 0 aliphatic carbocycles. The monoisotopic (exact) mass is 415 g/mol. The Balaban J connectivity index is 2.07. The maximum absolute atomic E-state index is 13.2. The molecule has 3 rings (SSSR count). The van der Waals surface area contributed by atoms with Gasteiger partial charge in [-0.1, -0.05) is 36.1 Å². The molecule has 0 unspecified atom stereocenters. The topological polar surface area (TPSA) is 67.9 Å². The third-order valence-electron chi connectivity index (χ3n) is 4.69. The quantitative estimate of drug-likeness (QED) is 0.581. The van der Waals surface area contributed by atoms with Crippen molar-refractivity contribution in [1.29, 1.82) is 0 Å². The molecule has 1 amide bonds. The van der Waals surface area contributed by atoms with Crippen LogP contribution in [-0.2, 0) is 10.3 Å². The summed E-state index contributed by atoms with van der Waals surface area (Å²) >= 11 is 0. The number of aliphatic imine (C=N–C) groups is 1. The van der Waals surface area contributed by atoms with Crippen molar-refractivity contribution in [1.82, 2.24) is 4.90 Å². The molecule has 2 N–H and O–H groups in total. The molecule has 156 valence electrons. The van der Waals surface area contributed by atoms with Crippen molar-refractivity contribution in [2.75, 3.05) is 13.7 Å². The fraction of sp³-hybridized carbons (Fsp3) is 0.273.